The monoisotopic (exact) mass is 466 g/mol. The van der Waals surface area contributed by atoms with Gasteiger partial charge in [0, 0.05) is 16.7 Å². The summed E-state index contributed by atoms with van der Waals surface area (Å²) in [4.78, 5) is 0.0793. The summed E-state index contributed by atoms with van der Waals surface area (Å²) in [5, 5.41) is 5.16. The van der Waals surface area contributed by atoms with Crippen molar-refractivity contribution in [2.24, 2.45) is 0 Å². The largest absolute Gasteiger partial charge is 0.358 e. The van der Waals surface area contributed by atoms with E-state index in [-0.39, 0.29) is 16.2 Å². The molecule has 4 rings (SSSR count). The standard InChI is InChI=1S/C25H23ClN2O3S/c1-25(2,3)19-9-15-22(16-10-19)32(29,30)31-24-17-23(18-7-5-4-6-8-18)27-28(24)21-13-11-20(26)12-14-21/h4-17H,1-3H3. The molecule has 0 saturated heterocycles. The quantitative estimate of drug-likeness (QED) is 0.326. The molecule has 0 bridgehead atoms. The minimum absolute atomic E-state index is 0.0793. The maximum absolute atomic E-state index is 13.1. The molecule has 32 heavy (non-hydrogen) atoms. The zero-order chi connectivity index (χ0) is 22.9. The molecule has 0 aliphatic rings. The average Bonchev–Trinajstić information content (AvgIpc) is 3.17. The molecular weight excluding hydrogens is 444 g/mol. The van der Waals surface area contributed by atoms with Crippen molar-refractivity contribution in [1.29, 1.82) is 0 Å². The second-order valence-corrected chi connectivity index (χ2v) is 10.4. The number of nitrogens with zero attached hydrogens (tertiary/aromatic N) is 2. The fraction of sp³-hybridized carbons (Fsp3) is 0.160. The van der Waals surface area contributed by atoms with Crippen molar-refractivity contribution in [2.75, 3.05) is 0 Å². The van der Waals surface area contributed by atoms with E-state index < -0.39 is 10.1 Å². The molecule has 3 aromatic carbocycles. The lowest BCUT2D eigenvalue weighted by molar-refractivity contribution is 0.465. The van der Waals surface area contributed by atoms with E-state index in [0.717, 1.165) is 11.1 Å². The Balaban J connectivity index is 1.74. The summed E-state index contributed by atoms with van der Waals surface area (Å²) >= 11 is 6.01. The van der Waals surface area contributed by atoms with Crippen LogP contribution in [0.1, 0.15) is 26.3 Å². The van der Waals surface area contributed by atoms with E-state index in [0.29, 0.717) is 16.4 Å². The number of hydrogen-bond donors (Lipinski definition) is 0. The van der Waals surface area contributed by atoms with Crippen molar-refractivity contribution in [1.82, 2.24) is 9.78 Å². The van der Waals surface area contributed by atoms with Gasteiger partial charge in [0.25, 0.3) is 0 Å². The normalized spacial score (nSPS) is 12.0. The molecule has 0 fully saturated rings. The van der Waals surface area contributed by atoms with Gasteiger partial charge >= 0.3 is 10.1 Å². The molecule has 1 heterocycles. The van der Waals surface area contributed by atoms with Gasteiger partial charge in [-0.05, 0) is 47.4 Å². The van der Waals surface area contributed by atoms with Gasteiger partial charge in [0.1, 0.15) is 4.90 Å². The third-order valence-electron chi connectivity index (χ3n) is 5.02. The highest BCUT2D eigenvalue weighted by molar-refractivity contribution is 7.87. The molecule has 7 heteroatoms. The number of hydrogen-bond acceptors (Lipinski definition) is 4. The van der Waals surface area contributed by atoms with Crippen LogP contribution in [0, 0.1) is 0 Å². The molecule has 1 aromatic heterocycles. The van der Waals surface area contributed by atoms with Crippen LogP contribution < -0.4 is 4.18 Å². The van der Waals surface area contributed by atoms with Gasteiger partial charge in [-0.15, -0.1) is 0 Å². The van der Waals surface area contributed by atoms with Crippen LogP contribution in [0.5, 0.6) is 5.88 Å². The third-order valence-corrected chi connectivity index (χ3v) is 6.51. The van der Waals surface area contributed by atoms with E-state index in [1.807, 2.05) is 42.5 Å². The van der Waals surface area contributed by atoms with Crippen LogP contribution in [-0.4, -0.2) is 18.2 Å². The molecule has 5 nitrogen and oxygen atoms in total. The number of halogens is 1. The fourth-order valence-corrected chi connectivity index (χ4v) is 4.26. The number of aromatic nitrogens is 2. The third kappa shape index (κ3) is 4.71. The highest BCUT2D eigenvalue weighted by Crippen LogP contribution is 2.30. The Labute approximate surface area is 193 Å². The molecule has 0 amide bonds. The van der Waals surface area contributed by atoms with E-state index in [2.05, 4.69) is 25.9 Å². The summed E-state index contributed by atoms with van der Waals surface area (Å²) in [6.07, 6.45) is 0. The lowest BCUT2D eigenvalue weighted by Crippen LogP contribution is -2.14. The van der Waals surface area contributed by atoms with Gasteiger partial charge in [0.2, 0.25) is 5.88 Å². The van der Waals surface area contributed by atoms with Crippen LogP contribution in [0.4, 0.5) is 0 Å². The molecule has 0 radical (unpaired) electrons. The predicted molar refractivity (Wildman–Crippen MR) is 127 cm³/mol. The molecule has 164 valence electrons. The first-order valence-electron chi connectivity index (χ1n) is 10.1. The van der Waals surface area contributed by atoms with Gasteiger partial charge in [-0.2, -0.15) is 18.2 Å². The Kier molecular flexibility index (Phi) is 5.84. The Hall–Kier alpha value is -3.09. The Morgan fingerprint density at radius 3 is 2.09 bits per heavy atom. The van der Waals surface area contributed by atoms with Crippen LogP contribution in [0.2, 0.25) is 5.02 Å². The van der Waals surface area contributed by atoms with Gasteiger partial charge in [-0.25, -0.2) is 0 Å². The maximum Gasteiger partial charge on any atom is 0.340 e. The highest BCUT2D eigenvalue weighted by Gasteiger charge is 2.23. The molecule has 0 aliphatic heterocycles. The lowest BCUT2D eigenvalue weighted by atomic mass is 9.87. The van der Waals surface area contributed by atoms with E-state index in [9.17, 15) is 8.42 Å². The lowest BCUT2D eigenvalue weighted by Gasteiger charge is -2.19. The van der Waals surface area contributed by atoms with Gasteiger partial charge in [0.15, 0.2) is 0 Å². The molecule has 0 saturated carbocycles. The van der Waals surface area contributed by atoms with Crippen LogP contribution >= 0.6 is 11.6 Å². The molecule has 0 spiro atoms. The van der Waals surface area contributed by atoms with Crippen LogP contribution in [0.25, 0.3) is 16.9 Å². The first-order valence-corrected chi connectivity index (χ1v) is 11.9. The molecule has 0 aliphatic carbocycles. The average molecular weight is 467 g/mol. The van der Waals surface area contributed by atoms with Gasteiger partial charge in [-0.3, -0.25) is 0 Å². The van der Waals surface area contributed by atoms with Crippen molar-refractivity contribution < 1.29 is 12.6 Å². The van der Waals surface area contributed by atoms with Crippen molar-refractivity contribution >= 4 is 21.7 Å². The minimum Gasteiger partial charge on any atom is -0.358 e. The van der Waals surface area contributed by atoms with Crippen LogP contribution in [-0.2, 0) is 15.5 Å². The topological polar surface area (TPSA) is 61.2 Å². The summed E-state index contributed by atoms with van der Waals surface area (Å²) in [5.74, 6) is 0.0890. The molecule has 0 N–H and O–H groups in total. The van der Waals surface area contributed by atoms with Gasteiger partial charge in [-0.1, -0.05) is 74.8 Å². The summed E-state index contributed by atoms with van der Waals surface area (Å²) in [7, 11) is -4.07. The van der Waals surface area contributed by atoms with Crippen molar-refractivity contribution in [3.05, 3.63) is 95.5 Å². The van der Waals surface area contributed by atoms with E-state index in [1.165, 1.54) is 4.68 Å². The van der Waals surface area contributed by atoms with Crippen LogP contribution in [0.15, 0.2) is 89.8 Å². The zero-order valence-electron chi connectivity index (χ0n) is 18.0. The summed E-state index contributed by atoms with van der Waals surface area (Å²) in [6, 6.07) is 24.8. The summed E-state index contributed by atoms with van der Waals surface area (Å²) in [5.41, 5.74) is 3.02. The van der Waals surface area contributed by atoms with Crippen molar-refractivity contribution in [2.45, 2.75) is 31.1 Å². The second-order valence-electron chi connectivity index (χ2n) is 8.43. The smallest absolute Gasteiger partial charge is 0.340 e. The van der Waals surface area contributed by atoms with E-state index >= 15 is 0 Å². The number of rotatable bonds is 5. The molecule has 4 aromatic rings. The zero-order valence-corrected chi connectivity index (χ0v) is 19.6. The highest BCUT2D eigenvalue weighted by atomic mass is 35.5. The second kappa shape index (κ2) is 8.45. The van der Waals surface area contributed by atoms with E-state index in [1.54, 1.807) is 42.5 Å². The Bertz CT molecular complexity index is 1320. The molecule has 0 atom stereocenters. The minimum atomic E-state index is -4.07. The summed E-state index contributed by atoms with van der Waals surface area (Å²) < 4.78 is 33.2. The van der Waals surface area contributed by atoms with Crippen molar-refractivity contribution in [3.8, 4) is 22.8 Å². The first-order chi connectivity index (χ1) is 15.1. The summed E-state index contributed by atoms with van der Waals surface area (Å²) in [6.45, 7) is 6.22. The Morgan fingerprint density at radius 1 is 0.875 bits per heavy atom. The van der Waals surface area contributed by atoms with Crippen molar-refractivity contribution in [3.63, 3.8) is 0 Å². The maximum atomic E-state index is 13.1. The van der Waals surface area contributed by atoms with Crippen LogP contribution in [0.3, 0.4) is 0 Å². The fourth-order valence-electron chi connectivity index (χ4n) is 3.22. The van der Waals surface area contributed by atoms with E-state index in [4.69, 9.17) is 15.8 Å². The Morgan fingerprint density at radius 2 is 1.50 bits per heavy atom. The predicted octanol–water partition coefficient (Wildman–Crippen LogP) is 6.26. The van der Waals surface area contributed by atoms with Gasteiger partial charge < -0.3 is 4.18 Å². The number of benzene rings is 3. The first kappa shape index (κ1) is 22.1. The van der Waals surface area contributed by atoms with Gasteiger partial charge in [0.05, 0.1) is 11.4 Å². The molecule has 0 unspecified atom stereocenters. The molecular formula is C25H23ClN2O3S. The SMILES string of the molecule is CC(C)(C)c1ccc(S(=O)(=O)Oc2cc(-c3ccccc3)nn2-c2ccc(Cl)cc2)cc1.